The van der Waals surface area contributed by atoms with Crippen molar-refractivity contribution in [3.05, 3.63) is 36.5 Å². The van der Waals surface area contributed by atoms with E-state index in [1.807, 2.05) is 6.08 Å². The minimum atomic E-state index is -1.62. The number of amides is 1. The van der Waals surface area contributed by atoms with Gasteiger partial charge in [-0.2, -0.15) is 0 Å². The molecule has 0 aliphatic carbocycles. The lowest BCUT2D eigenvalue weighted by Gasteiger charge is -2.40. The maximum atomic E-state index is 13.1. The quantitative estimate of drug-likeness (QED) is 0.0232. The third kappa shape index (κ3) is 45.0. The van der Waals surface area contributed by atoms with Crippen LogP contribution >= 0.6 is 0 Å². The van der Waals surface area contributed by atoms with Crippen LogP contribution < -0.4 is 5.32 Å². The van der Waals surface area contributed by atoms with E-state index in [0.29, 0.717) is 19.3 Å². The number of unbranched alkanes of at least 4 members (excludes halogenated alkanes) is 44. The Morgan fingerprint density at radius 2 is 0.756 bits per heavy atom. The Morgan fingerprint density at radius 3 is 1.12 bits per heavy atom. The molecule has 0 aromatic carbocycles. The number of ether oxygens (including phenoxy) is 2. The van der Waals surface area contributed by atoms with Gasteiger partial charge < -0.3 is 45.4 Å². The Balaban J connectivity index is 2.08. The van der Waals surface area contributed by atoms with E-state index in [0.717, 1.165) is 44.9 Å². The van der Waals surface area contributed by atoms with E-state index in [9.17, 15) is 35.4 Å². The summed E-state index contributed by atoms with van der Waals surface area (Å²) in [4.78, 5) is 13.1. The normalized spacial score (nSPS) is 19.2. The predicted octanol–water partition coefficient (Wildman–Crippen LogP) is 16.8. The van der Waals surface area contributed by atoms with Crippen molar-refractivity contribution in [2.75, 3.05) is 13.2 Å². The largest absolute Gasteiger partial charge is 0.394 e. The van der Waals surface area contributed by atoms with Gasteiger partial charge in [-0.15, -0.1) is 0 Å². The SMILES string of the molecule is CCCCCCC/C=C/CC/C=C/CC/C=C/C(O)C(COC1OC(CO)C(O)C(O)C1O)NC(=O)C(O)CCCCCCCCCCCCCCCCCCCCCCCCCCCCCCCCCCCCCCCC. The lowest BCUT2D eigenvalue weighted by molar-refractivity contribution is -0.302. The molecule has 1 aliphatic rings. The van der Waals surface area contributed by atoms with Crippen LogP contribution in [-0.2, 0) is 14.3 Å². The fourth-order valence-corrected chi connectivity index (χ4v) is 10.9. The lowest BCUT2D eigenvalue weighted by atomic mass is 9.99. The van der Waals surface area contributed by atoms with Gasteiger partial charge in [-0.25, -0.2) is 0 Å². The Hall–Kier alpha value is -1.63. The number of allylic oxidation sites excluding steroid dienone is 5. The zero-order valence-corrected chi connectivity index (χ0v) is 51.1. The van der Waals surface area contributed by atoms with Gasteiger partial charge in [-0.3, -0.25) is 4.79 Å². The summed E-state index contributed by atoms with van der Waals surface area (Å²) in [6.07, 6.45) is 65.9. The monoisotopic (exact) mass is 1100 g/mol. The van der Waals surface area contributed by atoms with Crippen molar-refractivity contribution in [1.29, 1.82) is 0 Å². The zero-order chi connectivity index (χ0) is 56.6. The summed E-state index contributed by atoms with van der Waals surface area (Å²) in [6.45, 7) is 3.61. The average Bonchev–Trinajstić information content (AvgIpc) is 3.44. The van der Waals surface area contributed by atoms with E-state index in [-0.39, 0.29) is 6.61 Å². The van der Waals surface area contributed by atoms with Crippen LogP contribution in [0.4, 0.5) is 0 Å². The van der Waals surface area contributed by atoms with Gasteiger partial charge in [0.25, 0.3) is 0 Å². The molecule has 8 unspecified atom stereocenters. The molecule has 0 saturated carbocycles. The van der Waals surface area contributed by atoms with Crippen molar-refractivity contribution in [2.24, 2.45) is 0 Å². The van der Waals surface area contributed by atoms with Gasteiger partial charge >= 0.3 is 0 Å². The van der Waals surface area contributed by atoms with E-state index in [1.54, 1.807) is 6.08 Å². The van der Waals surface area contributed by atoms with Crippen molar-refractivity contribution in [3.8, 4) is 0 Å². The Labute approximate surface area is 481 Å². The number of aliphatic hydroxyl groups excluding tert-OH is 6. The maximum Gasteiger partial charge on any atom is 0.249 e. The summed E-state index contributed by atoms with van der Waals surface area (Å²) < 4.78 is 11.2. The molecule has 0 aromatic rings. The van der Waals surface area contributed by atoms with Crippen LogP contribution in [0.1, 0.15) is 328 Å². The molecule has 0 spiro atoms. The van der Waals surface area contributed by atoms with Crippen LogP contribution in [0.2, 0.25) is 0 Å². The van der Waals surface area contributed by atoms with Crippen LogP contribution in [0, 0.1) is 0 Å². The minimum absolute atomic E-state index is 0.304. The highest BCUT2D eigenvalue weighted by Crippen LogP contribution is 2.23. The van der Waals surface area contributed by atoms with E-state index in [1.165, 1.54) is 250 Å². The first-order valence-corrected chi connectivity index (χ1v) is 33.8. The number of nitrogens with one attached hydrogen (secondary N) is 1. The molecule has 1 amide bonds. The number of carbonyl (C=O) groups is 1. The molecule has 0 aromatic heterocycles. The first kappa shape index (κ1) is 74.4. The van der Waals surface area contributed by atoms with Crippen molar-refractivity contribution in [1.82, 2.24) is 5.32 Å². The van der Waals surface area contributed by atoms with Crippen molar-refractivity contribution < 1.29 is 44.9 Å². The highest BCUT2D eigenvalue weighted by atomic mass is 16.7. The molecule has 7 N–H and O–H groups in total. The molecule has 1 saturated heterocycles. The molecular weight excluding hydrogens is 975 g/mol. The van der Waals surface area contributed by atoms with Crippen LogP contribution in [0.5, 0.6) is 0 Å². The molecule has 1 fully saturated rings. The highest BCUT2D eigenvalue weighted by Gasteiger charge is 2.44. The van der Waals surface area contributed by atoms with Gasteiger partial charge in [0.2, 0.25) is 5.91 Å². The number of hydrogen-bond donors (Lipinski definition) is 7. The van der Waals surface area contributed by atoms with E-state index in [2.05, 4.69) is 43.5 Å². The smallest absolute Gasteiger partial charge is 0.249 e. The van der Waals surface area contributed by atoms with Gasteiger partial charge in [0.1, 0.15) is 30.5 Å². The maximum absolute atomic E-state index is 13.1. The Bertz CT molecular complexity index is 1340. The predicted molar refractivity (Wildman–Crippen MR) is 329 cm³/mol. The molecular formula is C68H129NO9. The van der Waals surface area contributed by atoms with Crippen molar-refractivity contribution in [2.45, 2.75) is 377 Å². The second-order valence-corrected chi connectivity index (χ2v) is 23.8. The number of hydrogen-bond acceptors (Lipinski definition) is 9. The van der Waals surface area contributed by atoms with Gasteiger partial charge in [0, 0.05) is 0 Å². The molecule has 1 heterocycles. The minimum Gasteiger partial charge on any atom is -0.394 e. The van der Waals surface area contributed by atoms with Crippen molar-refractivity contribution >= 4 is 5.91 Å². The molecule has 78 heavy (non-hydrogen) atoms. The van der Waals surface area contributed by atoms with Gasteiger partial charge in [0.05, 0.1) is 25.4 Å². The van der Waals surface area contributed by atoms with Gasteiger partial charge in [-0.05, 0) is 44.9 Å². The van der Waals surface area contributed by atoms with Crippen LogP contribution in [-0.4, -0.2) is 98.7 Å². The summed E-state index contributed by atoms with van der Waals surface area (Å²) in [7, 11) is 0. The highest BCUT2D eigenvalue weighted by molar-refractivity contribution is 5.80. The number of rotatable bonds is 59. The van der Waals surface area contributed by atoms with Gasteiger partial charge in [0.15, 0.2) is 6.29 Å². The molecule has 0 bridgehead atoms. The first-order valence-electron chi connectivity index (χ1n) is 33.8. The Morgan fingerprint density at radius 1 is 0.436 bits per heavy atom. The van der Waals surface area contributed by atoms with E-state index < -0.39 is 61.5 Å². The molecule has 460 valence electrons. The van der Waals surface area contributed by atoms with Crippen LogP contribution in [0.3, 0.4) is 0 Å². The second-order valence-electron chi connectivity index (χ2n) is 23.8. The third-order valence-electron chi connectivity index (χ3n) is 16.3. The summed E-state index contributed by atoms with van der Waals surface area (Å²) in [5.41, 5.74) is 0. The summed E-state index contributed by atoms with van der Waals surface area (Å²) in [6, 6.07) is -1.00. The molecule has 0 radical (unpaired) electrons. The summed E-state index contributed by atoms with van der Waals surface area (Å²) in [5, 5.41) is 65.1. The molecule has 10 heteroatoms. The topological polar surface area (TPSA) is 169 Å². The number of carbonyl (C=O) groups excluding carboxylic acids is 1. The molecule has 8 atom stereocenters. The molecule has 1 aliphatic heterocycles. The van der Waals surface area contributed by atoms with Crippen molar-refractivity contribution in [3.63, 3.8) is 0 Å². The van der Waals surface area contributed by atoms with Crippen LogP contribution in [0.15, 0.2) is 36.5 Å². The average molecular weight is 1100 g/mol. The van der Waals surface area contributed by atoms with Crippen LogP contribution in [0.25, 0.3) is 0 Å². The summed E-state index contributed by atoms with van der Waals surface area (Å²) >= 11 is 0. The summed E-state index contributed by atoms with van der Waals surface area (Å²) in [5.74, 6) is -0.625. The Kier molecular flexibility index (Phi) is 54.5. The molecule has 10 nitrogen and oxygen atoms in total. The van der Waals surface area contributed by atoms with E-state index >= 15 is 0 Å². The molecule has 1 rings (SSSR count). The number of aliphatic hydroxyl groups is 6. The lowest BCUT2D eigenvalue weighted by Crippen LogP contribution is -2.60. The zero-order valence-electron chi connectivity index (χ0n) is 51.1. The second kappa shape index (κ2) is 57.2. The third-order valence-corrected chi connectivity index (χ3v) is 16.3. The van der Waals surface area contributed by atoms with Gasteiger partial charge in [-0.1, -0.05) is 320 Å². The fraction of sp³-hybridized carbons (Fsp3) is 0.897. The first-order chi connectivity index (χ1) is 38.3. The van der Waals surface area contributed by atoms with E-state index in [4.69, 9.17) is 9.47 Å². The standard InChI is InChI=1S/C68H129NO9/c1-3-5-7-9-11-13-15-17-19-20-21-22-23-24-25-26-27-28-29-30-31-32-33-34-35-36-37-38-39-40-41-43-45-47-49-51-53-55-57-62(72)67(76)69-60(59-77-68-66(75)65(74)64(73)63(58-70)78-68)61(71)56-54-52-50-48-46-44-42-18-16-14-12-10-8-6-4-2/h16,18,46,48,54,56,60-66,68,70-75H,3-15,17,19-45,47,49-53,55,57-59H2,1-2H3,(H,69,76)/b18-16+,48-46+,56-54+. The fourth-order valence-electron chi connectivity index (χ4n) is 10.9.